The van der Waals surface area contributed by atoms with Crippen LogP contribution in [0.3, 0.4) is 0 Å². The third kappa shape index (κ3) is 25.1. The fourth-order valence-corrected chi connectivity index (χ4v) is 0.598. The summed E-state index contributed by atoms with van der Waals surface area (Å²) in [7, 11) is 0. The second-order valence-electron chi connectivity index (χ2n) is 2.39. The van der Waals surface area contributed by atoms with Crippen LogP contribution in [0.4, 0.5) is 0 Å². The van der Waals surface area contributed by atoms with Gasteiger partial charge in [-0.05, 0) is 12.8 Å². The summed E-state index contributed by atoms with van der Waals surface area (Å²) in [6, 6.07) is 0. The van der Waals surface area contributed by atoms with Crippen molar-refractivity contribution in [2.24, 2.45) is 11.5 Å². The van der Waals surface area contributed by atoms with E-state index in [9.17, 15) is 9.59 Å². The first-order chi connectivity index (χ1) is 6.04. The number of amides is 2. The SMILES string of the molecule is C=C=C.NC(=O)CCCCC(N)=O. The fraction of sp³-hybridized carbons (Fsp3) is 0.444. The maximum absolute atomic E-state index is 10.2. The Hall–Kier alpha value is -1.54. The monoisotopic (exact) mass is 184 g/mol. The van der Waals surface area contributed by atoms with Gasteiger partial charge in [0.1, 0.15) is 0 Å². The van der Waals surface area contributed by atoms with Crippen molar-refractivity contribution in [2.45, 2.75) is 25.7 Å². The first-order valence-corrected chi connectivity index (χ1v) is 3.90. The highest BCUT2D eigenvalue weighted by molar-refractivity contribution is 5.74. The van der Waals surface area contributed by atoms with E-state index in [4.69, 9.17) is 11.5 Å². The average molecular weight is 184 g/mol. The molecule has 0 atom stereocenters. The zero-order valence-corrected chi connectivity index (χ0v) is 7.71. The van der Waals surface area contributed by atoms with Gasteiger partial charge in [-0.3, -0.25) is 9.59 Å². The molecule has 0 saturated heterocycles. The molecular formula is C9H16N2O2. The van der Waals surface area contributed by atoms with Crippen LogP contribution in [0.5, 0.6) is 0 Å². The molecule has 0 rings (SSSR count). The molecule has 0 spiro atoms. The fourth-order valence-electron chi connectivity index (χ4n) is 0.598. The minimum atomic E-state index is -0.329. The molecule has 0 saturated carbocycles. The summed E-state index contributed by atoms with van der Waals surface area (Å²) >= 11 is 0. The Morgan fingerprint density at radius 3 is 1.38 bits per heavy atom. The van der Waals surface area contributed by atoms with E-state index in [1.165, 1.54) is 0 Å². The molecule has 0 aliphatic rings. The highest BCUT2D eigenvalue weighted by Crippen LogP contribution is 1.97. The molecule has 74 valence electrons. The Balaban J connectivity index is 0. The lowest BCUT2D eigenvalue weighted by Gasteiger charge is -1.93. The minimum Gasteiger partial charge on any atom is -0.370 e. The van der Waals surface area contributed by atoms with Crippen LogP contribution in [-0.4, -0.2) is 11.8 Å². The summed E-state index contributed by atoms with van der Waals surface area (Å²) in [4.78, 5) is 20.3. The molecule has 4 heteroatoms. The van der Waals surface area contributed by atoms with E-state index >= 15 is 0 Å². The van der Waals surface area contributed by atoms with Crippen molar-refractivity contribution in [3.8, 4) is 0 Å². The van der Waals surface area contributed by atoms with Crippen molar-refractivity contribution in [2.75, 3.05) is 0 Å². The van der Waals surface area contributed by atoms with Gasteiger partial charge in [-0.2, -0.15) is 0 Å². The van der Waals surface area contributed by atoms with Gasteiger partial charge in [-0.1, -0.05) is 13.2 Å². The lowest BCUT2D eigenvalue weighted by molar-refractivity contribution is -0.119. The number of nitrogens with two attached hydrogens (primary N) is 2. The van der Waals surface area contributed by atoms with Crippen LogP contribution in [0.25, 0.3) is 0 Å². The van der Waals surface area contributed by atoms with Gasteiger partial charge in [0.25, 0.3) is 0 Å². The summed E-state index contributed by atoms with van der Waals surface area (Å²) in [5.74, 6) is -0.658. The molecule has 4 nitrogen and oxygen atoms in total. The summed E-state index contributed by atoms with van der Waals surface area (Å²) < 4.78 is 0. The van der Waals surface area contributed by atoms with Crippen LogP contribution >= 0.6 is 0 Å². The number of hydrogen-bond donors (Lipinski definition) is 2. The number of carbonyl (C=O) groups is 2. The Labute approximate surface area is 78.3 Å². The highest BCUT2D eigenvalue weighted by atomic mass is 16.1. The molecule has 0 aliphatic heterocycles. The molecule has 4 N–H and O–H groups in total. The second kappa shape index (κ2) is 10.5. The maximum Gasteiger partial charge on any atom is 0.217 e. The standard InChI is InChI=1S/C6H12N2O2.C3H4/c7-5(9)3-1-2-4-6(8)10;1-3-2/h1-4H2,(H2,7,9)(H2,8,10);1-2H2. The molecule has 0 aliphatic carbocycles. The predicted octanol–water partition coefficient (Wildman–Crippen LogP) is 0.475. The van der Waals surface area contributed by atoms with Crippen molar-refractivity contribution in [1.29, 1.82) is 0 Å². The smallest absolute Gasteiger partial charge is 0.217 e. The third-order valence-corrected chi connectivity index (χ3v) is 1.10. The van der Waals surface area contributed by atoms with Gasteiger partial charge in [-0.15, -0.1) is 5.73 Å². The van der Waals surface area contributed by atoms with Gasteiger partial charge < -0.3 is 11.5 Å². The van der Waals surface area contributed by atoms with Crippen molar-refractivity contribution in [1.82, 2.24) is 0 Å². The number of unbranched alkanes of at least 4 members (excludes halogenated alkanes) is 1. The zero-order chi connectivity index (χ0) is 10.7. The van der Waals surface area contributed by atoms with Gasteiger partial charge >= 0.3 is 0 Å². The van der Waals surface area contributed by atoms with Gasteiger partial charge in [0.05, 0.1) is 0 Å². The van der Waals surface area contributed by atoms with E-state index in [-0.39, 0.29) is 11.8 Å². The largest absolute Gasteiger partial charge is 0.370 e. The lowest BCUT2D eigenvalue weighted by Crippen LogP contribution is -2.12. The van der Waals surface area contributed by atoms with Crippen LogP contribution in [0, 0.1) is 0 Å². The molecule has 13 heavy (non-hydrogen) atoms. The Morgan fingerprint density at radius 1 is 1.00 bits per heavy atom. The van der Waals surface area contributed by atoms with Crippen molar-refractivity contribution in [3.05, 3.63) is 18.9 Å². The first kappa shape index (κ1) is 14.0. The quantitative estimate of drug-likeness (QED) is 0.480. The molecule has 0 aromatic heterocycles. The Kier molecular flexibility index (Phi) is 11.3. The highest BCUT2D eigenvalue weighted by Gasteiger charge is 1.96. The van der Waals surface area contributed by atoms with Crippen molar-refractivity contribution in [3.63, 3.8) is 0 Å². The maximum atomic E-state index is 10.2. The van der Waals surface area contributed by atoms with Crippen LogP contribution in [0.2, 0.25) is 0 Å². The molecule has 0 aromatic carbocycles. The normalized spacial score (nSPS) is 7.69. The molecule has 2 amide bonds. The second-order valence-corrected chi connectivity index (χ2v) is 2.39. The summed E-state index contributed by atoms with van der Waals surface area (Å²) in [5, 5.41) is 0. The van der Waals surface area contributed by atoms with Crippen LogP contribution in [0.1, 0.15) is 25.7 Å². The van der Waals surface area contributed by atoms with Crippen LogP contribution in [0.15, 0.2) is 18.9 Å². The van der Waals surface area contributed by atoms with E-state index < -0.39 is 0 Å². The van der Waals surface area contributed by atoms with Crippen molar-refractivity contribution < 1.29 is 9.59 Å². The van der Waals surface area contributed by atoms with E-state index in [1.54, 1.807) is 0 Å². The topological polar surface area (TPSA) is 86.2 Å². The predicted molar refractivity (Wildman–Crippen MR) is 51.6 cm³/mol. The molecule has 0 heterocycles. The lowest BCUT2D eigenvalue weighted by atomic mass is 10.2. The first-order valence-electron chi connectivity index (χ1n) is 3.90. The summed E-state index contributed by atoms with van der Waals surface area (Å²) in [5.41, 5.74) is 12.0. The summed E-state index contributed by atoms with van der Waals surface area (Å²) in [6.07, 6.45) is 1.98. The van der Waals surface area contributed by atoms with Gasteiger partial charge in [0, 0.05) is 12.8 Å². The molecule has 0 radical (unpaired) electrons. The zero-order valence-electron chi connectivity index (χ0n) is 7.71. The number of hydrogen-bond acceptors (Lipinski definition) is 2. The summed E-state index contributed by atoms with van der Waals surface area (Å²) in [6.45, 7) is 6.25. The number of rotatable bonds is 5. The Morgan fingerprint density at radius 2 is 1.23 bits per heavy atom. The number of carbonyl (C=O) groups excluding carboxylic acids is 2. The molecule has 0 unspecified atom stereocenters. The van der Waals surface area contributed by atoms with Crippen LogP contribution < -0.4 is 11.5 Å². The molecule has 0 fully saturated rings. The van der Waals surface area contributed by atoms with E-state index in [2.05, 4.69) is 18.9 Å². The van der Waals surface area contributed by atoms with Crippen molar-refractivity contribution >= 4 is 11.8 Å². The Bertz CT molecular complexity index is 178. The van der Waals surface area contributed by atoms with E-state index in [0.717, 1.165) is 0 Å². The molecular weight excluding hydrogens is 168 g/mol. The van der Waals surface area contributed by atoms with Crippen LogP contribution in [-0.2, 0) is 9.59 Å². The van der Waals surface area contributed by atoms with E-state index in [0.29, 0.717) is 25.7 Å². The number of primary amides is 2. The molecule has 0 aromatic rings. The minimum absolute atomic E-state index is 0.329. The van der Waals surface area contributed by atoms with Gasteiger partial charge in [0.2, 0.25) is 11.8 Å². The third-order valence-electron chi connectivity index (χ3n) is 1.10. The average Bonchev–Trinajstić information content (AvgIpc) is 1.99. The molecule has 0 bridgehead atoms. The van der Waals surface area contributed by atoms with Gasteiger partial charge in [0.15, 0.2) is 0 Å². The van der Waals surface area contributed by atoms with E-state index in [1.807, 2.05) is 0 Å². The van der Waals surface area contributed by atoms with Gasteiger partial charge in [-0.25, -0.2) is 0 Å².